The van der Waals surface area contributed by atoms with Crippen LogP contribution in [0.4, 0.5) is 13.2 Å². The molecule has 7 heteroatoms. The van der Waals surface area contributed by atoms with Crippen LogP contribution in [0.1, 0.15) is 10.4 Å². The highest BCUT2D eigenvalue weighted by molar-refractivity contribution is 7.13. The molecule has 1 heterocycles. The summed E-state index contributed by atoms with van der Waals surface area (Å²) in [6.07, 6.45) is -4.79. The van der Waals surface area contributed by atoms with E-state index in [1.807, 2.05) is 0 Å². The number of carbonyl (C=O) groups is 1. The van der Waals surface area contributed by atoms with Crippen LogP contribution in [0.15, 0.2) is 35.7 Å². The Morgan fingerprint density at radius 3 is 2.53 bits per heavy atom. The highest BCUT2D eigenvalue weighted by Crippen LogP contribution is 2.36. The van der Waals surface area contributed by atoms with Crippen molar-refractivity contribution in [1.29, 1.82) is 0 Å². The number of halogens is 3. The molecule has 1 aromatic heterocycles. The number of ether oxygens (including phenoxy) is 1. The van der Waals surface area contributed by atoms with E-state index < -0.39 is 12.3 Å². The van der Waals surface area contributed by atoms with Gasteiger partial charge < -0.3 is 9.84 Å². The lowest BCUT2D eigenvalue weighted by Gasteiger charge is -2.11. The molecule has 0 atom stereocenters. The molecule has 0 saturated carbocycles. The predicted octanol–water partition coefficient (Wildman–Crippen LogP) is 4.01. The maximum absolute atomic E-state index is 12.3. The van der Waals surface area contributed by atoms with Crippen molar-refractivity contribution >= 4 is 17.3 Å². The van der Waals surface area contributed by atoms with Crippen LogP contribution in [-0.2, 0) is 0 Å². The van der Waals surface area contributed by atoms with Gasteiger partial charge in [0.25, 0.3) is 0 Å². The minimum absolute atomic E-state index is 0.0295. The third-order valence-corrected chi connectivity index (χ3v) is 3.19. The first-order valence-corrected chi connectivity index (χ1v) is 5.92. The summed E-state index contributed by atoms with van der Waals surface area (Å²) in [5, 5.41) is 10.2. The molecule has 0 aliphatic heterocycles. The number of carboxylic acids is 1. The molecule has 100 valence electrons. The zero-order valence-corrected chi connectivity index (χ0v) is 10.1. The van der Waals surface area contributed by atoms with E-state index in [-0.39, 0.29) is 16.9 Å². The van der Waals surface area contributed by atoms with E-state index in [0.29, 0.717) is 4.88 Å². The molecule has 0 spiro atoms. The zero-order chi connectivity index (χ0) is 14.0. The van der Waals surface area contributed by atoms with Gasteiger partial charge in [-0.1, -0.05) is 12.1 Å². The second-order valence-electron chi connectivity index (χ2n) is 3.55. The first-order chi connectivity index (χ1) is 8.87. The largest absolute Gasteiger partial charge is 0.573 e. The summed E-state index contributed by atoms with van der Waals surface area (Å²) < 4.78 is 40.7. The van der Waals surface area contributed by atoms with E-state index in [9.17, 15) is 18.0 Å². The van der Waals surface area contributed by atoms with Crippen molar-refractivity contribution in [2.75, 3.05) is 0 Å². The lowest BCUT2D eigenvalue weighted by atomic mass is 10.1. The molecular weight excluding hydrogens is 281 g/mol. The van der Waals surface area contributed by atoms with Gasteiger partial charge in [-0.05, 0) is 18.2 Å². The van der Waals surface area contributed by atoms with E-state index in [4.69, 9.17) is 5.11 Å². The van der Waals surface area contributed by atoms with Gasteiger partial charge in [0.2, 0.25) is 0 Å². The molecule has 2 rings (SSSR count). The Hall–Kier alpha value is -2.02. The highest BCUT2D eigenvalue weighted by atomic mass is 32.1. The lowest BCUT2D eigenvalue weighted by Crippen LogP contribution is -2.17. The van der Waals surface area contributed by atoms with Crippen LogP contribution in [0.25, 0.3) is 10.4 Å². The summed E-state index contributed by atoms with van der Waals surface area (Å²) in [7, 11) is 0. The SMILES string of the molecule is O=C(O)c1csc(-c2ccccc2OC(F)(F)F)c1. The fourth-order valence-electron chi connectivity index (χ4n) is 1.47. The van der Waals surface area contributed by atoms with Gasteiger partial charge in [-0.3, -0.25) is 0 Å². The fourth-order valence-corrected chi connectivity index (χ4v) is 2.39. The molecule has 19 heavy (non-hydrogen) atoms. The molecule has 0 radical (unpaired) electrons. The first kappa shape index (κ1) is 13.4. The molecule has 0 amide bonds. The summed E-state index contributed by atoms with van der Waals surface area (Å²) in [4.78, 5) is 11.2. The second kappa shape index (κ2) is 4.93. The molecule has 0 saturated heterocycles. The average molecular weight is 288 g/mol. The zero-order valence-electron chi connectivity index (χ0n) is 9.27. The summed E-state index contributed by atoms with van der Waals surface area (Å²) in [6, 6.07) is 6.90. The molecule has 0 aliphatic rings. The minimum Gasteiger partial charge on any atom is -0.478 e. The standard InChI is InChI=1S/C12H7F3O3S/c13-12(14,15)18-9-4-2-1-3-8(9)10-5-7(6-19-10)11(16)17/h1-6H,(H,16,17). The first-order valence-electron chi connectivity index (χ1n) is 5.04. The third-order valence-electron chi connectivity index (χ3n) is 2.22. The van der Waals surface area contributed by atoms with Gasteiger partial charge in [-0.2, -0.15) is 0 Å². The Labute approximate surface area is 109 Å². The predicted molar refractivity (Wildman–Crippen MR) is 63.4 cm³/mol. The Morgan fingerprint density at radius 1 is 1.26 bits per heavy atom. The van der Waals surface area contributed by atoms with Gasteiger partial charge in [-0.15, -0.1) is 24.5 Å². The number of benzene rings is 1. The number of hydrogen-bond acceptors (Lipinski definition) is 3. The van der Waals surface area contributed by atoms with Crippen LogP contribution in [0.5, 0.6) is 5.75 Å². The van der Waals surface area contributed by atoms with Crippen LogP contribution in [0, 0.1) is 0 Å². The molecule has 1 N–H and O–H groups in total. The second-order valence-corrected chi connectivity index (χ2v) is 4.46. The topological polar surface area (TPSA) is 46.5 Å². The van der Waals surface area contributed by atoms with Gasteiger partial charge in [0, 0.05) is 15.8 Å². The van der Waals surface area contributed by atoms with E-state index in [2.05, 4.69) is 4.74 Å². The molecule has 3 nitrogen and oxygen atoms in total. The Kier molecular flexibility index (Phi) is 3.48. The maximum atomic E-state index is 12.3. The summed E-state index contributed by atoms with van der Waals surface area (Å²) in [5.41, 5.74) is 0.235. The molecular formula is C12H7F3O3S. The molecule has 0 fully saturated rings. The van der Waals surface area contributed by atoms with Crippen LogP contribution >= 0.6 is 11.3 Å². The number of para-hydroxylation sites is 1. The number of thiophene rings is 1. The number of hydrogen-bond donors (Lipinski definition) is 1. The monoisotopic (exact) mass is 288 g/mol. The average Bonchev–Trinajstić information content (AvgIpc) is 2.76. The molecule has 0 unspecified atom stereocenters. The van der Waals surface area contributed by atoms with Crippen LogP contribution in [0.3, 0.4) is 0 Å². The van der Waals surface area contributed by atoms with E-state index in [1.165, 1.54) is 29.6 Å². The quantitative estimate of drug-likeness (QED) is 0.928. The summed E-state index contributed by atoms with van der Waals surface area (Å²) in [5.74, 6) is -1.48. The van der Waals surface area contributed by atoms with Crippen molar-refractivity contribution in [1.82, 2.24) is 0 Å². The van der Waals surface area contributed by atoms with E-state index >= 15 is 0 Å². The Bertz CT molecular complexity index is 604. The lowest BCUT2D eigenvalue weighted by molar-refractivity contribution is -0.274. The minimum atomic E-state index is -4.79. The van der Waals surface area contributed by atoms with Crippen molar-refractivity contribution in [2.24, 2.45) is 0 Å². The third kappa shape index (κ3) is 3.25. The normalized spacial score (nSPS) is 11.3. The Balaban J connectivity index is 2.41. The van der Waals surface area contributed by atoms with Crippen molar-refractivity contribution in [3.8, 4) is 16.2 Å². The van der Waals surface area contributed by atoms with E-state index in [1.54, 1.807) is 6.07 Å². The number of rotatable bonds is 3. The van der Waals surface area contributed by atoms with Gasteiger partial charge in [0.15, 0.2) is 0 Å². The maximum Gasteiger partial charge on any atom is 0.573 e. The number of alkyl halides is 3. The highest BCUT2D eigenvalue weighted by Gasteiger charge is 2.32. The number of aromatic carboxylic acids is 1. The summed E-state index contributed by atoms with van der Waals surface area (Å²) >= 11 is 1.04. The van der Waals surface area contributed by atoms with Crippen LogP contribution in [0.2, 0.25) is 0 Å². The molecule has 1 aromatic carbocycles. The van der Waals surface area contributed by atoms with Crippen molar-refractivity contribution < 1.29 is 27.8 Å². The van der Waals surface area contributed by atoms with Crippen molar-refractivity contribution in [3.05, 3.63) is 41.3 Å². The van der Waals surface area contributed by atoms with Crippen molar-refractivity contribution in [2.45, 2.75) is 6.36 Å². The smallest absolute Gasteiger partial charge is 0.478 e. The van der Waals surface area contributed by atoms with Gasteiger partial charge in [0.05, 0.1) is 5.56 Å². The van der Waals surface area contributed by atoms with Gasteiger partial charge in [0.1, 0.15) is 5.75 Å². The van der Waals surface area contributed by atoms with E-state index in [0.717, 1.165) is 11.3 Å². The molecule has 0 aliphatic carbocycles. The molecule has 2 aromatic rings. The van der Waals surface area contributed by atoms with Gasteiger partial charge >= 0.3 is 12.3 Å². The number of carboxylic acid groups (broad SMARTS) is 1. The fraction of sp³-hybridized carbons (Fsp3) is 0.0833. The van der Waals surface area contributed by atoms with Crippen LogP contribution in [-0.4, -0.2) is 17.4 Å². The van der Waals surface area contributed by atoms with Gasteiger partial charge in [-0.25, -0.2) is 4.79 Å². The molecule has 0 bridgehead atoms. The summed E-state index contributed by atoms with van der Waals surface area (Å²) in [6.45, 7) is 0. The van der Waals surface area contributed by atoms with Crippen molar-refractivity contribution in [3.63, 3.8) is 0 Å². The Morgan fingerprint density at radius 2 is 1.95 bits per heavy atom. The van der Waals surface area contributed by atoms with Crippen LogP contribution < -0.4 is 4.74 Å².